The molecule has 3 nitrogen and oxygen atoms in total. The van der Waals surface area contributed by atoms with Crippen LogP contribution >= 0.6 is 11.6 Å². The van der Waals surface area contributed by atoms with E-state index >= 15 is 0 Å². The average Bonchev–Trinajstić information content (AvgIpc) is 3.29. The molecule has 24 heavy (non-hydrogen) atoms. The van der Waals surface area contributed by atoms with Gasteiger partial charge in [-0.1, -0.05) is 23.7 Å². The molecule has 0 spiro atoms. The van der Waals surface area contributed by atoms with Gasteiger partial charge in [-0.2, -0.15) is 0 Å². The smallest absolute Gasteiger partial charge is 0.258 e. The van der Waals surface area contributed by atoms with Crippen LogP contribution in [0, 0.1) is 5.82 Å². The molecular weight excluding hydrogens is 327 g/mol. The van der Waals surface area contributed by atoms with Crippen LogP contribution in [0.1, 0.15) is 28.8 Å². The van der Waals surface area contributed by atoms with Gasteiger partial charge in [0.25, 0.3) is 5.91 Å². The standard InChI is InChI=1S/C19H16ClFN2O/c20-15-2-1-3-16(21)18(15)19(24)23(14-5-6-14)11-12-4-7-17-13(10-12)8-9-22-17/h1-4,7-10,14,22H,5-6,11H2. The molecule has 1 amide bonds. The molecule has 0 aliphatic heterocycles. The molecule has 1 heterocycles. The highest BCUT2D eigenvalue weighted by Crippen LogP contribution is 2.32. The van der Waals surface area contributed by atoms with E-state index in [-0.39, 0.29) is 22.5 Å². The molecule has 1 aromatic heterocycles. The Morgan fingerprint density at radius 2 is 2.08 bits per heavy atom. The summed E-state index contributed by atoms with van der Waals surface area (Å²) in [5.41, 5.74) is 2.05. The minimum atomic E-state index is -0.570. The Kier molecular flexibility index (Phi) is 3.77. The van der Waals surface area contributed by atoms with Crippen LogP contribution in [-0.4, -0.2) is 21.8 Å². The normalized spacial score (nSPS) is 14.1. The summed E-state index contributed by atoms with van der Waals surface area (Å²) in [5, 5.41) is 1.26. The van der Waals surface area contributed by atoms with E-state index in [0.29, 0.717) is 6.54 Å². The number of hydrogen-bond acceptors (Lipinski definition) is 1. The lowest BCUT2D eigenvalue weighted by atomic mass is 10.1. The molecule has 0 bridgehead atoms. The monoisotopic (exact) mass is 342 g/mol. The zero-order chi connectivity index (χ0) is 16.7. The molecule has 5 heteroatoms. The fourth-order valence-electron chi connectivity index (χ4n) is 3.00. The first kappa shape index (κ1) is 15.2. The van der Waals surface area contributed by atoms with Gasteiger partial charge in [-0.05, 0) is 54.1 Å². The van der Waals surface area contributed by atoms with Crippen LogP contribution in [0.5, 0.6) is 0 Å². The minimum absolute atomic E-state index is 0.0335. The Balaban J connectivity index is 1.66. The van der Waals surface area contributed by atoms with Crippen LogP contribution in [-0.2, 0) is 6.54 Å². The van der Waals surface area contributed by atoms with E-state index in [4.69, 9.17) is 11.6 Å². The van der Waals surface area contributed by atoms with Crippen LogP contribution in [0.3, 0.4) is 0 Å². The summed E-state index contributed by atoms with van der Waals surface area (Å²) in [6.45, 7) is 0.454. The predicted molar refractivity (Wildman–Crippen MR) is 92.6 cm³/mol. The van der Waals surface area contributed by atoms with Gasteiger partial charge in [-0.25, -0.2) is 4.39 Å². The van der Waals surface area contributed by atoms with E-state index < -0.39 is 5.82 Å². The highest BCUT2D eigenvalue weighted by molar-refractivity contribution is 6.33. The van der Waals surface area contributed by atoms with Crippen molar-refractivity contribution in [3.8, 4) is 0 Å². The van der Waals surface area contributed by atoms with Crippen molar-refractivity contribution in [1.82, 2.24) is 9.88 Å². The number of fused-ring (bicyclic) bond motifs is 1. The maximum absolute atomic E-state index is 14.1. The Hall–Kier alpha value is -2.33. The van der Waals surface area contributed by atoms with Gasteiger partial charge in [0, 0.05) is 24.3 Å². The Morgan fingerprint density at radius 1 is 1.25 bits per heavy atom. The number of nitrogens with one attached hydrogen (secondary N) is 1. The van der Waals surface area contributed by atoms with Gasteiger partial charge in [0.05, 0.1) is 10.6 Å². The quantitative estimate of drug-likeness (QED) is 0.728. The molecule has 1 aliphatic carbocycles. The van der Waals surface area contributed by atoms with E-state index in [0.717, 1.165) is 29.3 Å². The highest BCUT2D eigenvalue weighted by atomic mass is 35.5. The van der Waals surface area contributed by atoms with E-state index in [1.165, 1.54) is 12.1 Å². The second-order valence-corrected chi connectivity index (χ2v) is 6.57. The number of benzene rings is 2. The van der Waals surface area contributed by atoms with Gasteiger partial charge in [0.2, 0.25) is 0 Å². The van der Waals surface area contributed by atoms with Gasteiger partial charge in [0.15, 0.2) is 0 Å². The number of halogens is 2. The summed E-state index contributed by atoms with van der Waals surface area (Å²) in [4.78, 5) is 17.8. The number of carbonyl (C=O) groups is 1. The first-order valence-corrected chi connectivity index (χ1v) is 8.32. The van der Waals surface area contributed by atoms with Gasteiger partial charge < -0.3 is 9.88 Å². The van der Waals surface area contributed by atoms with Crippen LogP contribution in [0.2, 0.25) is 5.02 Å². The first-order valence-electron chi connectivity index (χ1n) is 7.94. The molecule has 1 saturated carbocycles. The zero-order valence-corrected chi connectivity index (χ0v) is 13.7. The summed E-state index contributed by atoms with van der Waals surface area (Å²) < 4.78 is 14.1. The maximum atomic E-state index is 14.1. The Morgan fingerprint density at radius 3 is 2.83 bits per heavy atom. The molecule has 122 valence electrons. The molecular formula is C19H16ClFN2O. The lowest BCUT2D eigenvalue weighted by Crippen LogP contribution is -2.33. The third-order valence-electron chi connectivity index (χ3n) is 4.40. The van der Waals surface area contributed by atoms with Crippen molar-refractivity contribution < 1.29 is 9.18 Å². The Bertz CT molecular complexity index is 896. The number of hydrogen-bond donors (Lipinski definition) is 1. The largest absolute Gasteiger partial charge is 0.361 e. The van der Waals surface area contributed by atoms with E-state index in [1.807, 2.05) is 24.4 Å². The number of amides is 1. The van der Waals surface area contributed by atoms with Crippen molar-refractivity contribution in [3.05, 3.63) is 70.6 Å². The molecule has 3 aromatic rings. The summed E-state index contributed by atoms with van der Waals surface area (Å²) in [6.07, 6.45) is 3.78. The summed E-state index contributed by atoms with van der Waals surface area (Å²) >= 11 is 6.07. The second kappa shape index (κ2) is 5.95. The van der Waals surface area contributed by atoms with Crippen LogP contribution < -0.4 is 0 Å². The summed E-state index contributed by atoms with van der Waals surface area (Å²) in [5.74, 6) is -0.908. The van der Waals surface area contributed by atoms with Crippen molar-refractivity contribution >= 4 is 28.4 Å². The fourth-order valence-corrected chi connectivity index (χ4v) is 3.24. The zero-order valence-electron chi connectivity index (χ0n) is 12.9. The number of nitrogens with zero attached hydrogens (tertiary/aromatic N) is 1. The SMILES string of the molecule is O=C(c1c(F)cccc1Cl)N(Cc1ccc2[nH]ccc2c1)C1CC1. The molecule has 0 radical (unpaired) electrons. The van der Waals surface area contributed by atoms with Gasteiger partial charge >= 0.3 is 0 Å². The molecule has 1 N–H and O–H groups in total. The molecule has 0 unspecified atom stereocenters. The fraction of sp³-hybridized carbons (Fsp3) is 0.211. The number of rotatable bonds is 4. The van der Waals surface area contributed by atoms with Crippen LogP contribution in [0.25, 0.3) is 10.9 Å². The molecule has 0 saturated heterocycles. The lowest BCUT2D eigenvalue weighted by molar-refractivity contribution is 0.0725. The van der Waals surface area contributed by atoms with Crippen molar-refractivity contribution in [1.29, 1.82) is 0 Å². The van der Waals surface area contributed by atoms with E-state index in [2.05, 4.69) is 11.1 Å². The van der Waals surface area contributed by atoms with Crippen LogP contribution in [0.4, 0.5) is 4.39 Å². The van der Waals surface area contributed by atoms with Crippen molar-refractivity contribution in [2.45, 2.75) is 25.4 Å². The van der Waals surface area contributed by atoms with Crippen molar-refractivity contribution in [3.63, 3.8) is 0 Å². The van der Waals surface area contributed by atoms with Crippen LogP contribution in [0.15, 0.2) is 48.7 Å². The molecule has 0 atom stereocenters. The Labute approximate surface area is 144 Å². The summed E-state index contributed by atoms with van der Waals surface area (Å²) in [6, 6.07) is 12.5. The predicted octanol–water partition coefficient (Wildman–Crippen LogP) is 4.77. The average molecular weight is 343 g/mol. The highest BCUT2D eigenvalue weighted by Gasteiger charge is 2.34. The third-order valence-corrected chi connectivity index (χ3v) is 4.71. The lowest BCUT2D eigenvalue weighted by Gasteiger charge is -2.23. The number of aromatic nitrogens is 1. The second-order valence-electron chi connectivity index (χ2n) is 6.16. The van der Waals surface area contributed by atoms with E-state index in [9.17, 15) is 9.18 Å². The van der Waals surface area contributed by atoms with Crippen molar-refractivity contribution in [2.75, 3.05) is 0 Å². The van der Waals surface area contributed by atoms with E-state index in [1.54, 1.807) is 11.0 Å². The number of H-pyrrole nitrogens is 1. The van der Waals surface area contributed by atoms with Gasteiger partial charge in [-0.3, -0.25) is 4.79 Å². The van der Waals surface area contributed by atoms with Gasteiger partial charge in [-0.15, -0.1) is 0 Å². The molecule has 4 rings (SSSR count). The third kappa shape index (κ3) is 2.78. The minimum Gasteiger partial charge on any atom is -0.361 e. The number of carbonyl (C=O) groups excluding carboxylic acids is 1. The van der Waals surface area contributed by atoms with Crippen molar-refractivity contribution in [2.24, 2.45) is 0 Å². The molecule has 1 fully saturated rings. The van der Waals surface area contributed by atoms with Gasteiger partial charge in [0.1, 0.15) is 5.82 Å². The topological polar surface area (TPSA) is 36.1 Å². The maximum Gasteiger partial charge on any atom is 0.258 e. The molecule has 2 aromatic carbocycles. The summed E-state index contributed by atoms with van der Waals surface area (Å²) in [7, 11) is 0. The first-order chi connectivity index (χ1) is 11.6. The number of aromatic amines is 1. The molecule has 1 aliphatic rings.